The second-order valence-electron chi connectivity index (χ2n) is 6.76. The molecule has 6 nitrogen and oxygen atoms in total. The number of benzene rings is 2. The third-order valence-corrected chi connectivity index (χ3v) is 4.78. The molecular weight excluding hydrogens is 429 g/mol. The lowest BCUT2D eigenvalue weighted by molar-refractivity contribution is -0.153. The Morgan fingerprint density at radius 3 is 2.27 bits per heavy atom. The summed E-state index contributed by atoms with van der Waals surface area (Å²) in [4.78, 5) is 23.7. The van der Waals surface area contributed by atoms with E-state index in [4.69, 9.17) is 32.7 Å². The van der Waals surface area contributed by atoms with E-state index in [1.807, 2.05) is 36.4 Å². The van der Waals surface area contributed by atoms with E-state index in [2.05, 4.69) is 5.32 Å². The van der Waals surface area contributed by atoms with Gasteiger partial charge in [0, 0.05) is 29.6 Å². The maximum Gasteiger partial charge on any atom is 0.335 e. The van der Waals surface area contributed by atoms with Crippen LogP contribution in [0.3, 0.4) is 0 Å². The molecule has 0 spiro atoms. The molecule has 8 heteroatoms. The summed E-state index contributed by atoms with van der Waals surface area (Å²) >= 11 is 12.1. The van der Waals surface area contributed by atoms with Crippen molar-refractivity contribution in [3.63, 3.8) is 0 Å². The minimum atomic E-state index is -1.33. The zero-order chi connectivity index (χ0) is 22.1. The third-order valence-electron chi connectivity index (χ3n) is 4.34. The number of methoxy groups -OCH3 is 1. The van der Waals surface area contributed by atoms with Gasteiger partial charge < -0.3 is 19.9 Å². The smallest absolute Gasteiger partial charge is 0.335 e. The van der Waals surface area contributed by atoms with Crippen molar-refractivity contribution in [2.24, 2.45) is 0 Å². The molecule has 0 radical (unpaired) electrons. The number of aliphatic hydroxyl groups is 1. The summed E-state index contributed by atoms with van der Waals surface area (Å²) in [6.07, 6.45) is -0.881. The van der Waals surface area contributed by atoms with E-state index >= 15 is 0 Å². The van der Waals surface area contributed by atoms with Crippen LogP contribution in [0.2, 0.25) is 10.0 Å². The van der Waals surface area contributed by atoms with Gasteiger partial charge in [0.25, 0.3) is 0 Å². The van der Waals surface area contributed by atoms with E-state index in [1.54, 1.807) is 13.0 Å². The number of esters is 1. The van der Waals surface area contributed by atoms with Crippen molar-refractivity contribution in [1.82, 2.24) is 5.32 Å². The van der Waals surface area contributed by atoms with Crippen molar-refractivity contribution in [3.8, 4) is 11.1 Å². The van der Waals surface area contributed by atoms with E-state index in [-0.39, 0.29) is 25.5 Å². The minimum absolute atomic E-state index is 0.0277. The molecule has 0 fully saturated rings. The van der Waals surface area contributed by atoms with Gasteiger partial charge in [0.05, 0.1) is 6.61 Å². The number of amides is 1. The van der Waals surface area contributed by atoms with Gasteiger partial charge in [-0.15, -0.1) is 0 Å². The van der Waals surface area contributed by atoms with Crippen molar-refractivity contribution in [2.45, 2.75) is 31.9 Å². The molecular formula is C22H25Cl2NO5. The summed E-state index contributed by atoms with van der Waals surface area (Å²) in [5.41, 5.74) is 2.75. The Balaban J connectivity index is 2.13. The fourth-order valence-electron chi connectivity index (χ4n) is 3.04. The first-order chi connectivity index (χ1) is 14.3. The molecule has 1 amide bonds. The summed E-state index contributed by atoms with van der Waals surface area (Å²) in [5, 5.41) is 14.0. The summed E-state index contributed by atoms with van der Waals surface area (Å²) in [6.45, 7) is 1.73. The highest BCUT2D eigenvalue weighted by atomic mass is 35.5. The molecule has 0 saturated carbocycles. The highest BCUT2D eigenvalue weighted by Gasteiger charge is 2.23. The van der Waals surface area contributed by atoms with Gasteiger partial charge in [-0.2, -0.15) is 0 Å². The molecule has 0 aliphatic heterocycles. The largest absolute Gasteiger partial charge is 0.464 e. The first-order valence-electron chi connectivity index (χ1n) is 9.50. The molecule has 2 atom stereocenters. The number of nitrogens with one attached hydrogen (secondary N) is 1. The standard InChI is InChI=1S/C22H25Cl2NO5/c1-3-30-22(28)20(26)12-19(25-21(27)13-29-2)8-14-4-6-15(7-5-14)16-9-17(23)11-18(24)10-16/h4-7,9-11,19-20,26H,3,8,12-13H2,1-2H3,(H,25,27)/t19-,20-/m0/s1. The SMILES string of the molecule is CCOC(=O)[C@@H](O)C[C@H](Cc1ccc(-c2cc(Cl)cc(Cl)c2)cc1)NC(=O)COC. The second kappa shape index (κ2) is 11.9. The van der Waals surface area contributed by atoms with Crippen LogP contribution in [-0.4, -0.2) is 49.5 Å². The third kappa shape index (κ3) is 7.61. The lowest BCUT2D eigenvalue weighted by atomic mass is 9.98. The zero-order valence-electron chi connectivity index (χ0n) is 16.9. The lowest BCUT2D eigenvalue weighted by Crippen LogP contribution is -2.42. The summed E-state index contributed by atoms with van der Waals surface area (Å²) in [6, 6.07) is 12.5. The fraction of sp³-hybridized carbons (Fsp3) is 0.364. The van der Waals surface area contributed by atoms with E-state index in [0.717, 1.165) is 16.7 Å². The number of aliphatic hydroxyl groups excluding tert-OH is 1. The maximum absolute atomic E-state index is 12.0. The molecule has 162 valence electrons. The topological polar surface area (TPSA) is 84.9 Å². The summed E-state index contributed by atoms with van der Waals surface area (Å²) < 4.78 is 9.69. The minimum Gasteiger partial charge on any atom is -0.464 e. The average Bonchev–Trinajstić information content (AvgIpc) is 2.68. The number of halogens is 2. The Kier molecular flexibility index (Phi) is 9.59. The molecule has 0 heterocycles. The summed E-state index contributed by atoms with van der Waals surface area (Å²) in [5.74, 6) is -1.04. The van der Waals surface area contributed by atoms with Gasteiger partial charge in [-0.1, -0.05) is 47.5 Å². The van der Waals surface area contributed by atoms with Crippen LogP contribution < -0.4 is 5.32 Å². The van der Waals surface area contributed by atoms with Crippen LogP contribution in [-0.2, 0) is 25.5 Å². The lowest BCUT2D eigenvalue weighted by Gasteiger charge is -2.21. The Hall–Kier alpha value is -2.12. The van der Waals surface area contributed by atoms with Crippen LogP contribution in [0.5, 0.6) is 0 Å². The van der Waals surface area contributed by atoms with Gasteiger partial charge in [0.1, 0.15) is 6.61 Å². The number of carbonyl (C=O) groups is 2. The number of rotatable bonds is 10. The van der Waals surface area contributed by atoms with Crippen LogP contribution in [0.4, 0.5) is 0 Å². The van der Waals surface area contributed by atoms with Gasteiger partial charge in [-0.25, -0.2) is 4.79 Å². The van der Waals surface area contributed by atoms with Crippen LogP contribution in [0.1, 0.15) is 18.9 Å². The van der Waals surface area contributed by atoms with Crippen LogP contribution in [0.25, 0.3) is 11.1 Å². The predicted molar refractivity (Wildman–Crippen MR) is 117 cm³/mol. The van der Waals surface area contributed by atoms with Gasteiger partial charge in [-0.05, 0) is 48.2 Å². The van der Waals surface area contributed by atoms with Crippen LogP contribution in [0, 0.1) is 0 Å². The Labute approximate surface area is 186 Å². The quantitative estimate of drug-likeness (QED) is 0.536. The van der Waals surface area contributed by atoms with Crippen molar-refractivity contribution in [3.05, 3.63) is 58.1 Å². The molecule has 0 bridgehead atoms. The van der Waals surface area contributed by atoms with E-state index in [0.29, 0.717) is 16.5 Å². The first kappa shape index (κ1) is 24.2. The molecule has 2 N–H and O–H groups in total. The number of hydrogen-bond donors (Lipinski definition) is 2. The van der Waals surface area contributed by atoms with Gasteiger partial charge in [0.15, 0.2) is 6.10 Å². The van der Waals surface area contributed by atoms with Crippen molar-refractivity contribution >= 4 is 35.1 Å². The number of ether oxygens (including phenoxy) is 2. The van der Waals surface area contributed by atoms with Crippen molar-refractivity contribution in [1.29, 1.82) is 0 Å². The van der Waals surface area contributed by atoms with Crippen LogP contribution in [0.15, 0.2) is 42.5 Å². The average molecular weight is 454 g/mol. The first-order valence-corrected chi connectivity index (χ1v) is 10.3. The molecule has 2 rings (SSSR count). The van der Waals surface area contributed by atoms with Gasteiger partial charge in [0.2, 0.25) is 5.91 Å². The van der Waals surface area contributed by atoms with E-state index < -0.39 is 18.1 Å². The molecule has 0 aliphatic carbocycles. The summed E-state index contributed by atoms with van der Waals surface area (Å²) in [7, 11) is 1.42. The van der Waals surface area contributed by atoms with E-state index in [9.17, 15) is 14.7 Å². The molecule has 30 heavy (non-hydrogen) atoms. The zero-order valence-corrected chi connectivity index (χ0v) is 18.4. The molecule has 0 unspecified atom stereocenters. The predicted octanol–water partition coefficient (Wildman–Crippen LogP) is 3.65. The molecule has 0 aromatic heterocycles. The van der Waals surface area contributed by atoms with Crippen molar-refractivity contribution < 1.29 is 24.2 Å². The monoisotopic (exact) mass is 453 g/mol. The highest BCUT2D eigenvalue weighted by Crippen LogP contribution is 2.27. The maximum atomic E-state index is 12.0. The molecule has 2 aromatic carbocycles. The fourth-order valence-corrected chi connectivity index (χ4v) is 3.56. The second-order valence-corrected chi connectivity index (χ2v) is 7.63. The Bertz CT molecular complexity index is 837. The number of hydrogen-bond acceptors (Lipinski definition) is 5. The normalized spacial score (nSPS) is 12.8. The van der Waals surface area contributed by atoms with Gasteiger partial charge in [-0.3, -0.25) is 4.79 Å². The molecule has 0 saturated heterocycles. The van der Waals surface area contributed by atoms with Crippen LogP contribution >= 0.6 is 23.2 Å². The number of carbonyl (C=O) groups excluding carboxylic acids is 2. The highest BCUT2D eigenvalue weighted by molar-refractivity contribution is 6.35. The van der Waals surface area contributed by atoms with E-state index in [1.165, 1.54) is 7.11 Å². The Morgan fingerprint density at radius 1 is 1.07 bits per heavy atom. The molecule has 0 aliphatic rings. The molecule has 2 aromatic rings. The van der Waals surface area contributed by atoms with Gasteiger partial charge >= 0.3 is 5.97 Å². The van der Waals surface area contributed by atoms with Crippen molar-refractivity contribution in [2.75, 3.05) is 20.3 Å². The Morgan fingerprint density at radius 2 is 1.70 bits per heavy atom.